The van der Waals surface area contributed by atoms with Crippen LogP contribution >= 0.6 is 11.3 Å². The Bertz CT molecular complexity index is 481. The van der Waals surface area contributed by atoms with Crippen molar-refractivity contribution < 1.29 is 14.6 Å². The summed E-state index contributed by atoms with van der Waals surface area (Å²) in [5.41, 5.74) is -0.497. The maximum absolute atomic E-state index is 12.1. The summed E-state index contributed by atoms with van der Waals surface area (Å²) in [6.45, 7) is 6.75. The number of aliphatic hydroxyl groups is 1. The highest BCUT2D eigenvalue weighted by atomic mass is 32.1. The Hall–Kier alpha value is -0.980. The summed E-state index contributed by atoms with van der Waals surface area (Å²) >= 11 is 1.46. The van der Waals surface area contributed by atoms with Gasteiger partial charge in [0.25, 0.3) is 5.91 Å². The fraction of sp³-hybridized carbons (Fsp3) is 0.733. The predicted molar refractivity (Wildman–Crippen MR) is 82.5 cm³/mol. The summed E-state index contributed by atoms with van der Waals surface area (Å²) in [6, 6.07) is 0. The van der Waals surface area contributed by atoms with Crippen molar-refractivity contribution in [1.82, 2.24) is 10.3 Å². The van der Waals surface area contributed by atoms with Crippen molar-refractivity contribution in [3.63, 3.8) is 0 Å². The van der Waals surface area contributed by atoms with Gasteiger partial charge in [0.1, 0.15) is 16.8 Å². The first-order valence-corrected chi connectivity index (χ1v) is 8.39. The van der Waals surface area contributed by atoms with Gasteiger partial charge in [-0.15, -0.1) is 11.3 Å². The molecule has 0 bridgehead atoms. The second kappa shape index (κ2) is 6.85. The van der Waals surface area contributed by atoms with Crippen molar-refractivity contribution in [2.75, 3.05) is 13.2 Å². The van der Waals surface area contributed by atoms with Crippen LogP contribution < -0.4 is 5.32 Å². The van der Waals surface area contributed by atoms with E-state index in [1.807, 2.05) is 13.8 Å². The molecule has 1 aliphatic heterocycles. The second-order valence-corrected chi connectivity index (χ2v) is 6.81. The number of nitrogens with zero attached hydrogens (tertiary/aromatic N) is 1. The third kappa shape index (κ3) is 4.02. The highest BCUT2D eigenvalue weighted by molar-refractivity contribution is 7.09. The van der Waals surface area contributed by atoms with Gasteiger partial charge in [-0.2, -0.15) is 0 Å². The average Bonchev–Trinajstić information content (AvgIpc) is 3.13. The summed E-state index contributed by atoms with van der Waals surface area (Å²) in [4.78, 5) is 16.5. The molecular formula is C15H24N2O3S. The molecule has 3 atom stereocenters. The Balaban J connectivity index is 1.91. The number of rotatable bonds is 6. The molecular weight excluding hydrogens is 288 g/mol. The van der Waals surface area contributed by atoms with E-state index in [1.165, 1.54) is 11.3 Å². The van der Waals surface area contributed by atoms with Gasteiger partial charge >= 0.3 is 0 Å². The maximum Gasteiger partial charge on any atom is 0.270 e. The minimum atomic E-state index is -0.905. The van der Waals surface area contributed by atoms with E-state index in [1.54, 1.807) is 12.3 Å². The molecule has 1 aromatic heterocycles. The first kappa shape index (κ1) is 16.4. The molecule has 2 N–H and O–H groups in total. The lowest BCUT2D eigenvalue weighted by Crippen LogP contribution is -2.45. The Kier molecular flexibility index (Phi) is 5.35. The molecule has 1 aromatic rings. The lowest BCUT2D eigenvalue weighted by Gasteiger charge is -2.29. The maximum atomic E-state index is 12.1. The van der Waals surface area contributed by atoms with Crippen LogP contribution in [0, 0.1) is 5.92 Å². The van der Waals surface area contributed by atoms with Crippen LogP contribution in [0.4, 0.5) is 0 Å². The number of hydrogen-bond acceptors (Lipinski definition) is 5. The number of nitrogens with one attached hydrogen (secondary N) is 1. The SMILES string of the molecule is CCC(C)C(C)(O)CNC(=O)c1csc(C2CCCO2)n1. The van der Waals surface area contributed by atoms with Gasteiger partial charge in [-0.05, 0) is 25.7 Å². The third-order valence-electron chi connectivity index (χ3n) is 4.24. The van der Waals surface area contributed by atoms with E-state index in [9.17, 15) is 9.90 Å². The molecule has 0 radical (unpaired) electrons. The van der Waals surface area contributed by atoms with Gasteiger partial charge in [0.05, 0.1) is 5.60 Å². The van der Waals surface area contributed by atoms with Gasteiger partial charge in [-0.3, -0.25) is 4.79 Å². The molecule has 6 heteroatoms. The lowest BCUT2D eigenvalue weighted by molar-refractivity contribution is 0.00588. The van der Waals surface area contributed by atoms with Crippen molar-refractivity contribution >= 4 is 17.2 Å². The number of thiazole rings is 1. The Morgan fingerprint density at radius 3 is 3.10 bits per heavy atom. The first-order valence-electron chi connectivity index (χ1n) is 7.51. The highest BCUT2D eigenvalue weighted by Crippen LogP contribution is 2.30. The number of carbonyl (C=O) groups is 1. The quantitative estimate of drug-likeness (QED) is 0.846. The number of aromatic nitrogens is 1. The van der Waals surface area contributed by atoms with E-state index < -0.39 is 5.60 Å². The highest BCUT2D eigenvalue weighted by Gasteiger charge is 2.28. The molecule has 0 aromatic carbocycles. The van der Waals surface area contributed by atoms with Crippen LogP contribution in [0.2, 0.25) is 0 Å². The van der Waals surface area contributed by atoms with Crippen molar-refractivity contribution in [3.8, 4) is 0 Å². The monoisotopic (exact) mass is 312 g/mol. The van der Waals surface area contributed by atoms with Crippen LogP contribution in [0.3, 0.4) is 0 Å². The molecule has 1 aliphatic rings. The molecule has 1 fully saturated rings. The topological polar surface area (TPSA) is 71.5 Å². The van der Waals surface area contributed by atoms with Gasteiger partial charge in [-0.25, -0.2) is 4.98 Å². The molecule has 1 amide bonds. The zero-order chi connectivity index (χ0) is 15.5. The smallest absolute Gasteiger partial charge is 0.270 e. The van der Waals surface area contributed by atoms with Gasteiger partial charge in [-0.1, -0.05) is 20.3 Å². The Morgan fingerprint density at radius 1 is 1.71 bits per heavy atom. The summed E-state index contributed by atoms with van der Waals surface area (Å²) < 4.78 is 5.57. The molecule has 0 aliphatic carbocycles. The molecule has 0 spiro atoms. The first-order chi connectivity index (χ1) is 9.94. The van der Waals surface area contributed by atoms with E-state index in [-0.39, 0.29) is 24.5 Å². The largest absolute Gasteiger partial charge is 0.388 e. The van der Waals surface area contributed by atoms with Crippen LogP contribution in [0.5, 0.6) is 0 Å². The van der Waals surface area contributed by atoms with Gasteiger partial charge in [0, 0.05) is 18.5 Å². The van der Waals surface area contributed by atoms with Gasteiger partial charge < -0.3 is 15.2 Å². The fourth-order valence-corrected chi connectivity index (χ4v) is 3.16. The molecule has 2 heterocycles. The van der Waals surface area contributed by atoms with Crippen molar-refractivity contribution in [3.05, 3.63) is 16.1 Å². The minimum Gasteiger partial charge on any atom is -0.388 e. The van der Waals surface area contributed by atoms with E-state index in [0.29, 0.717) is 5.69 Å². The summed E-state index contributed by atoms with van der Waals surface area (Å²) in [5.74, 6) is -0.116. The molecule has 0 saturated carbocycles. The summed E-state index contributed by atoms with van der Waals surface area (Å²) in [7, 11) is 0. The summed E-state index contributed by atoms with van der Waals surface area (Å²) in [5, 5.41) is 15.7. The van der Waals surface area contributed by atoms with Gasteiger partial charge in [0.2, 0.25) is 0 Å². The van der Waals surface area contributed by atoms with Crippen LogP contribution in [-0.4, -0.2) is 34.8 Å². The van der Waals surface area contributed by atoms with Crippen molar-refractivity contribution in [1.29, 1.82) is 0 Å². The second-order valence-electron chi connectivity index (χ2n) is 5.92. The molecule has 5 nitrogen and oxygen atoms in total. The number of hydrogen-bond donors (Lipinski definition) is 2. The van der Waals surface area contributed by atoms with E-state index in [4.69, 9.17) is 4.74 Å². The number of ether oxygens (including phenoxy) is 1. The normalized spacial score (nSPS) is 22.8. The molecule has 21 heavy (non-hydrogen) atoms. The summed E-state index contributed by atoms with van der Waals surface area (Å²) in [6.07, 6.45) is 2.92. The van der Waals surface area contributed by atoms with Crippen LogP contribution in [-0.2, 0) is 4.74 Å². The van der Waals surface area contributed by atoms with E-state index in [0.717, 1.165) is 30.9 Å². The van der Waals surface area contributed by atoms with E-state index >= 15 is 0 Å². The van der Waals surface area contributed by atoms with Crippen LogP contribution in [0.15, 0.2) is 5.38 Å². The zero-order valence-electron chi connectivity index (χ0n) is 12.9. The van der Waals surface area contributed by atoms with Crippen molar-refractivity contribution in [2.24, 2.45) is 5.92 Å². The van der Waals surface area contributed by atoms with Crippen LogP contribution in [0.1, 0.15) is 61.6 Å². The Morgan fingerprint density at radius 2 is 2.48 bits per heavy atom. The molecule has 3 unspecified atom stereocenters. The Labute approximate surface area is 129 Å². The number of carbonyl (C=O) groups excluding carboxylic acids is 1. The van der Waals surface area contributed by atoms with Gasteiger partial charge in [0.15, 0.2) is 0 Å². The zero-order valence-corrected chi connectivity index (χ0v) is 13.7. The van der Waals surface area contributed by atoms with E-state index in [2.05, 4.69) is 10.3 Å². The van der Waals surface area contributed by atoms with Crippen molar-refractivity contribution in [2.45, 2.75) is 51.7 Å². The van der Waals surface area contributed by atoms with Crippen LogP contribution in [0.25, 0.3) is 0 Å². The fourth-order valence-electron chi connectivity index (χ4n) is 2.28. The molecule has 118 valence electrons. The molecule has 1 saturated heterocycles. The molecule has 2 rings (SSSR count). The number of amides is 1. The predicted octanol–water partition coefficient (Wildman–Crippen LogP) is 2.52. The third-order valence-corrected chi connectivity index (χ3v) is 5.18. The standard InChI is InChI=1S/C15H24N2O3S/c1-4-10(2)15(3,19)9-16-13(18)11-8-21-14(17-11)12-6-5-7-20-12/h8,10,12,19H,4-7,9H2,1-3H3,(H,16,18). The average molecular weight is 312 g/mol. The minimum absolute atomic E-state index is 0.0415. The lowest BCUT2D eigenvalue weighted by atomic mass is 9.88.